The molecule has 8 heteroatoms. The number of aryl methyl sites for hydroxylation is 2. The SMILES string of the molecule is CCCc1nc(C)c(C(=O)Nc2ccc(C(=O)NC(C)C(=O)O)cc2)s1. The summed E-state index contributed by atoms with van der Waals surface area (Å²) in [6.45, 7) is 5.26. The Morgan fingerprint density at radius 3 is 2.42 bits per heavy atom. The number of carbonyl (C=O) groups excluding carboxylic acids is 2. The van der Waals surface area contributed by atoms with Crippen molar-refractivity contribution in [3.63, 3.8) is 0 Å². The van der Waals surface area contributed by atoms with Crippen LogP contribution in [0.2, 0.25) is 0 Å². The van der Waals surface area contributed by atoms with E-state index in [0.717, 1.165) is 17.8 Å². The van der Waals surface area contributed by atoms with Crippen LogP contribution in [0.4, 0.5) is 5.69 Å². The summed E-state index contributed by atoms with van der Waals surface area (Å²) < 4.78 is 0. The Kier molecular flexibility index (Phi) is 6.46. The molecule has 1 heterocycles. The highest BCUT2D eigenvalue weighted by Crippen LogP contribution is 2.21. The monoisotopic (exact) mass is 375 g/mol. The molecule has 7 nitrogen and oxygen atoms in total. The number of thiazole rings is 1. The van der Waals surface area contributed by atoms with Gasteiger partial charge in [0.25, 0.3) is 11.8 Å². The Labute approximate surface area is 155 Å². The Bertz CT molecular complexity index is 814. The van der Waals surface area contributed by atoms with Crippen molar-refractivity contribution < 1.29 is 19.5 Å². The van der Waals surface area contributed by atoms with Crippen LogP contribution < -0.4 is 10.6 Å². The zero-order chi connectivity index (χ0) is 19.3. The number of nitrogens with zero attached hydrogens (tertiary/aromatic N) is 1. The van der Waals surface area contributed by atoms with Gasteiger partial charge < -0.3 is 15.7 Å². The molecule has 2 amide bonds. The number of anilines is 1. The van der Waals surface area contributed by atoms with Crippen molar-refractivity contribution in [3.05, 3.63) is 45.4 Å². The maximum absolute atomic E-state index is 12.4. The highest BCUT2D eigenvalue weighted by atomic mass is 32.1. The molecule has 0 aliphatic carbocycles. The number of amides is 2. The van der Waals surface area contributed by atoms with Crippen molar-refractivity contribution in [2.45, 2.75) is 39.7 Å². The van der Waals surface area contributed by atoms with E-state index in [1.165, 1.54) is 30.4 Å². The first kappa shape index (κ1) is 19.6. The van der Waals surface area contributed by atoms with E-state index >= 15 is 0 Å². The average Bonchev–Trinajstić information content (AvgIpc) is 2.96. The minimum Gasteiger partial charge on any atom is -0.480 e. The lowest BCUT2D eigenvalue weighted by molar-refractivity contribution is -0.138. The molecule has 26 heavy (non-hydrogen) atoms. The van der Waals surface area contributed by atoms with Crippen LogP contribution in [0.5, 0.6) is 0 Å². The fourth-order valence-electron chi connectivity index (χ4n) is 2.22. The van der Waals surface area contributed by atoms with Crippen molar-refractivity contribution in [2.24, 2.45) is 0 Å². The van der Waals surface area contributed by atoms with Crippen molar-refractivity contribution in [2.75, 3.05) is 5.32 Å². The molecule has 2 rings (SSSR count). The summed E-state index contributed by atoms with van der Waals surface area (Å²) in [5.74, 6) is -1.83. The number of hydrogen-bond acceptors (Lipinski definition) is 5. The topological polar surface area (TPSA) is 108 Å². The molecule has 0 bridgehead atoms. The lowest BCUT2D eigenvalue weighted by Crippen LogP contribution is -2.38. The third kappa shape index (κ3) is 4.89. The molecule has 0 saturated carbocycles. The lowest BCUT2D eigenvalue weighted by Gasteiger charge is -2.10. The first-order chi connectivity index (χ1) is 12.3. The molecule has 1 aromatic carbocycles. The standard InChI is InChI=1S/C18H21N3O4S/c1-4-5-14-19-10(2)15(26-14)17(23)21-13-8-6-12(7-9-13)16(22)20-11(3)18(24)25/h6-9,11H,4-5H2,1-3H3,(H,20,22)(H,21,23)(H,24,25). The largest absolute Gasteiger partial charge is 0.480 e. The highest BCUT2D eigenvalue weighted by molar-refractivity contribution is 7.13. The second kappa shape index (κ2) is 8.57. The van der Waals surface area contributed by atoms with Crippen molar-refractivity contribution in [1.29, 1.82) is 0 Å². The van der Waals surface area contributed by atoms with Gasteiger partial charge in [0.15, 0.2) is 0 Å². The zero-order valence-corrected chi connectivity index (χ0v) is 15.6. The van der Waals surface area contributed by atoms with E-state index in [2.05, 4.69) is 22.5 Å². The van der Waals surface area contributed by atoms with E-state index < -0.39 is 17.9 Å². The molecule has 0 spiro atoms. The number of rotatable bonds is 7. The van der Waals surface area contributed by atoms with E-state index in [1.54, 1.807) is 12.1 Å². The van der Waals surface area contributed by atoms with Gasteiger partial charge in [-0.2, -0.15) is 0 Å². The van der Waals surface area contributed by atoms with Crippen molar-refractivity contribution in [3.8, 4) is 0 Å². The molecule has 138 valence electrons. The van der Waals surface area contributed by atoms with Gasteiger partial charge in [-0.25, -0.2) is 4.98 Å². The number of hydrogen-bond donors (Lipinski definition) is 3. The van der Waals surface area contributed by atoms with Crippen LogP contribution in [0.3, 0.4) is 0 Å². The minimum atomic E-state index is -1.11. The number of benzene rings is 1. The molecule has 0 aliphatic rings. The van der Waals surface area contributed by atoms with Crippen LogP contribution in [0.1, 0.15) is 51.0 Å². The van der Waals surface area contributed by atoms with Crippen LogP contribution in [-0.4, -0.2) is 33.9 Å². The maximum Gasteiger partial charge on any atom is 0.325 e. The van der Waals surface area contributed by atoms with Gasteiger partial charge in [-0.05, 0) is 51.0 Å². The fourth-order valence-corrected chi connectivity index (χ4v) is 3.28. The number of carbonyl (C=O) groups is 3. The Morgan fingerprint density at radius 1 is 1.19 bits per heavy atom. The van der Waals surface area contributed by atoms with Gasteiger partial charge in [0.05, 0.1) is 10.7 Å². The minimum absolute atomic E-state index is 0.237. The van der Waals surface area contributed by atoms with Crippen molar-refractivity contribution in [1.82, 2.24) is 10.3 Å². The molecule has 0 aliphatic heterocycles. The summed E-state index contributed by atoms with van der Waals surface area (Å²) >= 11 is 1.39. The van der Waals surface area contributed by atoms with Gasteiger partial charge in [0, 0.05) is 11.3 Å². The number of aliphatic carboxylic acids is 1. The summed E-state index contributed by atoms with van der Waals surface area (Å²) in [5.41, 5.74) is 1.56. The predicted molar refractivity (Wildman–Crippen MR) is 99.8 cm³/mol. The average molecular weight is 375 g/mol. The Balaban J connectivity index is 2.03. The molecular formula is C18H21N3O4S. The summed E-state index contributed by atoms with van der Waals surface area (Å²) in [5, 5.41) is 14.9. The highest BCUT2D eigenvalue weighted by Gasteiger charge is 2.17. The second-order valence-electron chi connectivity index (χ2n) is 5.84. The molecule has 1 atom stereocenters. The summed E-state index contributed by atoms with van der Waals surface area (Å²) in [6, 6.07) is 5.28. The van der Waals surface area contributed by atoms with Crippen LogP contribution in [0.25, 0.3) is 0 Å². The number of nitrogens with one attached hydrogen (secondary N) is 2. The molecule has 1 aromatic heterocycles. The third-order valence-electron chi connectivity index (χ3n) is 3.63. The smallest absolute Gasteiger partial charge is 0.325 e. The van der Waals surface area contributed by atoms with E-state index in [-0.39, 0.29) is 5.91 Å². The van der Waals surface area contributed by atoms with Gasteiger partial charge >= 0.3 is 5.97 Å². The summed E-state index contributed by atoms with van der Waals surface area (Å²) in [4.78, 5) is 40.1. The number of carboxylic acid groups (broad SMARTS) is 1. The van der Waals surface area contributed by atoms with E-state index in [0.29, 0.717) is 21.8 Å². The predicted octanol–water partition coefficient (Wildman–Crippen LogP) is 2.86. The lowest BCUT2D eigenvalue weighted by atomic mass is 10.2. The zero-order valence-electron chi connectivity index (χ0n) is 14.8. The van der Waals surface area contributed by atoms with E-state index in [1.807, 2.05) is 6.92 Å². The van der Waals surface area contributed by atoms with Crippen LogP contribution in [-0.2, 0) is 11.2 Å². The van der Waals surface area contributed by atoms with Gasteiger partial charge in [0.2, 0.25) is 0 Å². The van der Waals surface area contributed by atoms with Gasteiger partial charge in [0.1, 0.15) is 10.9 Å². The first-order valence-electron chi connectivity index (χ1n) is 8.23. The third-order valence-corrected chi connectivity index (χ3v) is 4.85. The molecule has 0 fully saturated rings. The normalized spacial score (nSPS) is 11.7. The first-order valence-corrected chi connectivity index (χ1v) is 9.04. The van der Waals surface area contributed by atoms with Crippen molar-refractivity contribution >= 4 is 34.8 Å². The molecule has 1 unspecified atom stereocenters. The molecule has 2 aromatic rings. The van der Waals surface area contributed by atoms with E-state index in [9.17, 15) is 14.4 Å². The van der Waals surface area contributed by atoms with E-state index in [4.69, 9.17) is 5.11 Å². The molecule has 0 saturated heterocycles. The summed E-state index contributed by atoms with van der Waals surface area (Å²) in [7, 11) is 0. The van der Waals surface area contributed by atoms with Crippen LogP contribution in [0, 0.1) is 6.92 Å². The van der Waals surface area contributed by atoms with Crippen LogP contribution >= 0.6 is 11.3 Å². The van der Waals surface area contributed by atoms with Gasteiger partial charge in [-0.15, -0.1) is 11.3 Å². The number of carboxylic acids is 1. The Hall–Kier alpha value is -2.74. The quantitative estimate of drug-likeness (QED) is 0.689. The maximum atomic E-state index is 12.4. The van der Waals surface area contributed by atoms with Crippen LogP contribution in [0.15, 0.2) is 24.3 Å². The number of aromatic nitrogens is 1. The molecule has 3 N–H and O–H groups in total. The second-order valence-corrected chi connectivity index (χ2v) is 6.92. The van der Waals surface area contributed by atoms with Gasteiger partial charge in [-0.1, -0.05) is 6.92 Å². The molecule has 0 radical (unpaired) electrons. The fraction of sp³-hybridized carbons (Fsp3) is 0.333. The Morgan fingerprint density at radius 2 is 1.85 bits per heavy atom. The summed E-state index contributed by atoms with van der Waals surface area (Å²) in [6.07, 6.45) is 1.81. The van der Waals surface area contributed by atoms with Gasteiger partial charge in [-0.3, -0.25) is 14.4 Å². The molecular weight excluding hydrogens is 354 g/mol.